The minimum Gasteiger partial charge on any atom is -0.324 e. The van der Waals surface area contributed by atoms with Gasteiger partial charge in [-0.15, -0.1) is 10.2 Å². The van der Waals surface area contributed by atoms with Gasteiger partial charge in [0.15, 0.2) is 0 Å². The number of carbonyl (C=O) groups is 1. The zero-order valence-electron chi connectivity index (χ0n) is 9.28. The van der Waals surface area contributed by atoms with E-state index in [9.17, 15) is 18.0 Å². The number of carbonyl (C=O) groups excluding carboxylic acids is 1. The molecule has 9 heteroatoms. The standard InChI is InChI=1S/C9H11F3N4OS/c10-9(11,12)6-2-1-3-16(4-6)8(17)14-7-15-13-5-18-7/h5-6H,1-4H2,(H,14,15,17). The van der Waals surface area contributed by atoms with Crippen molar-refractivity contribution in [2.45, 2.75) is 19.0 Å². The van der Waals surface area contributed by atoms with Crippen molar-refractivity contribution in [2.75, 3.05) is 18.4 Å². The molecular formula is C9H11F3N4OS. The number of hydrogen-bond donors (Lipinski definition) is 1. The molecule has 100 valence electrons. The minimum absolute atomic E-state index is 0.0755. The first-order valence-corrected chi connectivity index (χ1v) is 6.23. The third-order valence-corrected chi connectivity index (χ3v) is 3.35. The maximum atomic E-state index is 12.6. The lowest BCUT2D eigenvalue weighted by Crippen LogP contribution is -2.46. The van der Waals surface area contributed by atoms with Crippen molar-refractivity contribution in [1.29, 1.82) is 0 Å². The molecule has 1 atom stereocenters. The van der Waals surface area contributed by atoms with E-state index in [2.05, 4.69) is 15.5 Å². The molecule has 1 N–H and O–H groups in total. The highest BCUT2D eigenvalue weighted by Gasteiger charge is 2.42. The number of nitrogens with zero attached hydrogens (tertiary/aromatic N) is 3. The number of piperidine rings is 1. The second-order valence-electron chi connectivity index (χ2n) is 4.00. The van der Waals surface area contributed by atoms with Crippen LogP contribution in [0.2, 0.25) is 0 Å². The Hall–Kier alpha value is -1.38. The average molecular weight is 280 g/mol. The second kappa shape index (κ2) is 5.09. The Morgan fingerprint density at radius 1 is 1.56 bits per heavy atom. The van der Waals surface area contributed by atoms with Gasteiger partial charge in [-0.25, -0.2) is 4.79 Å². The molecule has 1 aromatic heterocycles. The van der Waals surface area contributed by atoms with Gasteiger partial charge in [0, 0.05) is 13.1 Å². The number of anilines is 1. The van der Waals surface area contributed by atoms with Gasteiger partial charge in [0.1, 0.15) is 5.51 Å². The van der Waals surface area contributed by atoms with Crippen LogP contribution in [0.1, 0.15) is 12.8 Å². The SMILES string of the molecule is O=C(Nc1nncs1)N1CCCC(C(F)(F)F)C1. The summed E-state index contributed by atoms with van der Waals surface area (Å²) in [6, 6.07) is -0.555. The first kappa shape index (κ1) is 13.1. The second-order valence-corrected chi connectivity index (χ2v) is 4.83. The van der Waals surface area contributed by atoms with E-state index in [-0.39, 0.29) is 18.1 Å². The molecule has 0 saturated carbocycles. The monoisotopic (exact) mass is 280 g/mol. The summed E-state index contributed by atoms with van der Waals surface area (Å²) in [5.41, 5.74) is 1.43. The first-order valence-electron chi connectivity index (χ1n) is 5.35. The third kappa shape index (κ3) is 3.09. The van der Waals surface area contributed by atoms with Crippen LogP contribution in [-0.2, 0) is 0 Å². The molecule has 1 aliphatic heterocycles. The Morgan fingerprint density at radius 3 is 2.94 bits per heavy atom. The number of rotatable bonds is 1. The largest absolute Gasteiger partial charge is 0.393 e. The lowest BCUT2D eigenvalue weighted by Gasteiger charge is -2.33. The lowest BCUT2D eigenvalue weighted by molar-refractivity contribution is -0.183. The highest BCUT2D eigenvalue weighted by molar-refractivity contribution is 7.13. The summed E-state index contributed by atoms with van der Waals surface area (Å²) in [6.07, 6.45) is -3.82. The molecule has 0 radical (unpaired) electrons. The Labute approximate surface area is 105 Å². The molecule has 1 aliphatic rings. The Bertz CT molecular complexity index is 408. The van der Waals surface area contributed by atoms with E-state index in [0.29, 0.717) is 13.0 Å². The van der Waals surface area contributed by atoms with Crippen LogP contribution in [-0.4, -0.2) is 40.4 Å². The number of halogens is 3. The maximum Gasteiger partial charge on any atom is 0.393 e. The topological polar surface area (TPSA) is 58.1 Å². The van der Waals surface area contributed by atoms with Gasteiger partial charge in [-0.1, -0.05) is 11.3 Å². The normalized spacial score (nSPS) is 20.8. The van der Waals surface area contributed by atoms with Crippen LogP contribution < -0.4 is 5.32 Å². The molecule has 5 nitrogen and oxygen atoms in total. The third-order valence-electron chi connectivity index (χ3n) is 2.75. The van der Waals surface area contributed by atoms with Gasteiger partial charge in [-0.05, 0) is 12.8 Å². The summed E-state index contributed by atoms with van der Waals surface area (Å²) in [5, 5.41) is 9.85. The summed E-state index contributed by atoms with van der Waals surface area (Å²) >= 11 is 1.12. The van der Waals surface area contributed by atoms with Gasteiger partial charge in [0.2, 0.25) is 5.13 Å². The van der Waals surface area contributed by atoms with Crippen LogP contribution in [0.4, 0.5) is 23.1 Å². The number of urea groups is 1. The summed E-state index contributed by atoms with van der Waals surface area (Å²) in [5.74, 6) is -1.44. The first-order chi connectivity index (χ1) is 8.47. The fourth-order valence-corrected chi connectivity index (χ4v) is 2.26. The van der Waals surface area contributed by atoms with Gasteiger partial charge < -0.3 is 4.90 Å². The van der Waals surface area contributed by atoms with Crippen LogP contribution in [0.25, 0.3) is 0 Å². The molecule has 1 saturated heterocycles. The number of nitrogens with one attached hydrogen (secondary N) is 1. The van der Waals surface area contributed by atoms with E-state index in [1.165, 1.54) is 10.4 Å². The fraction of sp³-hybridized carbons (Fsp3) is 0.667. The van der Waals surface area contributed by atoms with E-state index in [4.69, 9.17) is 0 Å². The van der Waals surface area contributed by atoms with Crippen LogP contribution in [0, 0.1) is 5.92 Å². The van der Waals surface area contributed by atoms with Gasteiger partial charge in [0.05, 0.1) is 5.92 Å². The van der Waals surface area contributed by atoms with E-state index in [0.717, 1.165) is 11.3 Å². The van der Waals surface area contributed by atoms with Crippen LogP contribution in [0.15, 0.2) is 5.51 Å². The summed E-state index contributed by atoms with van der Waals surface area (Å²) in [4.78, 5) is 12.9. The Morgan fingerprint density at radius 2 is 2.33 bits per heavy atom. The van der Waals surface area contributed by atoms with Crippen molar-refractivity contribution in [3.63, 3.8) is 0 Å². The van der Waals surface area contributed by atoms with Crippen molar-refractivity contribution in [3.05, 3.63) is 5.51 Å². The predicted molar refractivity (Wildman–Crippen MR) is 59.3 cm³/mol. The quantitative estimate of drug-likeness (QED) is 0.859. The van der Waals surface area contributed by atoms with Crippen molar-refractivity contribution < 1.29 is 18.0 Å². The molecule has 0 aromatic carbocycles. The highest BCUT2D eigenvalue weighted by Crippen LogP contribution is 2.33. The van der Waals surface area contributed by atoms with E-state index in [1.54, 1.807) is 0 Å². The molecule has 1 aromatic rings. The van der Waals surface area contributed by atoms with Gasteiger partial charge in [0.25, 0.3) is 0 Å². The van der Waals surface area contributed by atoms with Gasteiger partial charge in [-0.3, -0.25) is 5.32 Å². The van der Waals surface area contributed by atoms with Gasteiger partial charge >= 0.3 is 12.2 Å². The molecule has 2 amide bonds. The molecule has 0 aliphatic carbocycles. The molecule has 2 rings (SSSR count). The zero-order chi connectivity index (χ0) is 13.2. The fourth-order valence-electron chi connectivity index (χ4n) is 1.83. The summed E-state index contributed by atoms with van der Waals surface area (Å²) < 4.78 is 37.7. The number of amides is 2. The number of likely N-dealkylation sites (tertiary alicyclic amines) is 1. The number of hydrogen-bond acceptors (Lipinski definition) is 4. The summed E-state index contributed by atoms with van der Waals surface area (Å²) in [6.45, 7) is 0.0331. The molecule has 1 unspecified atom stereocenters. The Balaban J connectivity index is 1.94. The van der Waals surface area contributed by atoms with Crippen molar-refractivity contribution >= 4 is 22.5 Å². The molecule has 2 heterocycles. The molecule has 0 bridgehead atoms. The predicted octanol–water partition coefficient (Wildman–Crippen LogP) is 2.34. The molecular weight excluding hydrogens is 269 g/mol. The van der Waals surface area contributed by atoms with Crippen LogP contribution in [0.3, 0.4) is 0 Å². The van der Waals surface area contributed by atoms with E-state index >= 15 is 0 Å². The van der Waals surface area contributed by atoms with Crippen LogP contribution in [0.5, 0.6) is 0 Å². The smallest absolute Gasteiger partial charge is 0.324 e. The lowest BCUT2D eigenvalue weighted by atomic mass is 9.98. The van der Waals surface area contributed by atoms with Crippen LogP contribution >= 0.6 is 11.3 Å². The Kier molecular flexibility index (Phi) is 3.69. The van der Waals surface area contributed by atoms with E-state index in [1.807, 2.05) is 0 Å². The van der Waals surface area contributed by atoms with Gasteiger partial charge in [-0.2, -0.15) is 13.2 Å². The van der Waals surface area contributed by atoms with E-state index < -0.39 is 18.1 Å². The molecule has 0 spiro atoms. The maximum absolute atomic E-state index is 12.6. The highest BCUT2D eigenvalue weighted by atomic mass is 32.1. The number of aromatic nitrogens is 2. The average Bonchev–Trinajstić information content (AvgIpc) is 2.81. The summed E-state index contributed by atoms with van der Waals surface area (Å²) in [7, 11) is 0. The molecule has 1 fully saturated rings. The number of alkyl halides is 3. The zero-order valence-corrected chi connectivity index (χ0v) is 10.1. The molecule has 18 heavy (non-hydrogen) atoms. The minimum atomic E-state index is -4.25. The van der Waals surface area contributed by atoms with Crippen molar-refractivity contribution in [1.82, 2.24) is 15.1 Å². The van der Waals surface area contributed by atoms with Crippen molar-refractivity contribution in [3.8, 4) is 0 Å². The van der Waals surface area contributed by atoms with Crippen molar-refractivity contribution in [2.24, 2.45) is 5.92 Å².